The Morgan fingerprint density at radius 1 is 2.00 bits per heavy atom. The second kappa shape index (κ2) is 1.61. The highest BCUT2D eigenvalue weighted by Crippen LogP contribution is 2.38. The molecule has 1 amide bonds. The number of carbonyl (C=O) groups excluding carboxylic acids is 1. The number of amides is 1. The van der Waals surface area contributed by atoms with Crippen LogP contribution >= 0.6 is 27.7 Å². The van der Waals surface area contributed by atoms with Gasteiger partial charge in [-0.25, -0.2) is 0 Å². The molecule has 0 aliphatic carbocycles. The summed E-state index contributed by atoms with van der Waals surface area (Å²) in [6, 6.07) is 0. The van der Waals surface area contributed by atoms with E-state index in [9.17, 15) is 4.79 Å². The first-order chi connectivity index (χ1) is 3.63. The summed E-state index contributed by atoms with van der Waals surface area (Å²) in [6.07, 6.45) is 0. The fourth-order valence-electron chi connectivity index (χ4n) is 0.414. The average Bonchev–Trinajstić information content (AvgIpc) is 2.22. The number of hydrogen-bond donors (Lipinski definition) is 0. The highest BCUT2D eigenvalue weighted by atomic mass is 79.9. The van der Waals surface area contributed by atoms with Crippen LogP contribution < -0.4 is 0 Å². The molecule has 46 valence electrons. The van der Waals surface area contributed by atoms with Crippen molar-refractivity contribution >= 4 is 33.7 Å². The van der Waals surface area contributed by atoms with Crippen molar-refractivity contribution in [3.63, 3.8) is 0 Å². The Hall–Kier alpha value is 0.240. The van der Waals surface area contributed by atoms with Crippen LogP contribution in [0.25, 0.3) is 0 Å². The Labute approximate surface area is 61.1 Å². The molecule has 1 saturated heterocycles. The molecule has 1 fully saturated rings. The molecule has 0 N–H and O–H groups in total. The van der Waals surface area contributed by atoms with Crippen LogP contribution in [0.1, 0.15) is 6.92 Å². The van der Waals surface area contributed by atoms with Crippen molar-refractivity contribution in [1.29, 1.82) is 0 Å². The minimum absolute atomic E-state index is 0.0625. The zero-order chi connectivity index (χ0) is 6.36. The van der Waals surface area contributed by atoms with Crippen molar-refractivity contribution in [3.05, 3.63) is 0 Å². The Morgan fingerprint density at radius 3 is 2.38 bits per heavy atom. The lowest BCUT2D eigenvalue weighted by Crippen LogP contribution is -2.10. The van der Waals surface area contributed by atoms with E-state index in [1.807, 2.05) is 0 Å². The van der Waals surface area contributed by atoms with Gasteiger partial charge in [0.05, 0.1) is 22.0 Å². The Kier molecular flexibility index (Phi) is 1.28. The smallest absolute Gasteiger partial charge is 0.261 e. The van der Waals surface area contributed by atoms with Gasteiger partial charge < -0.3 is 0 Å². The topological polar surface area (TPSA) is 20.1 Å². The quantitative estimate of drug-likeness (QED) is 0.351. The Balaban J connectivity index is 2.63. The van der Waals surface area contributed by atoms with Gasteiger partial charge in [0, 0.05) is 0 Å². The lowest BCUT2D eigenvalue weighted by atomic mass is 10.2. The van der Waals surface area contributed by atoms with Crippen molar-refractivity contribution in [2.75, 3.05) is 5.88 Å². The van der Waals surface area contributed by atoms with Crippen molar-refractivity contribution in [1.82, 2.24) is 3.93 Å². The molecule has 1 aliphatic rings. The van der Waals surface area contributed by atoms with E-state index in [1.165, 1.54) is 3.93 Å². The second-order valence-electron chi connectivity index (χ2n) is 1.99. The second-order valence-corrected chi connectivity index (χ2v) is 2.97. The van der Waals surface area contributed by atoms with E-state index in [4.69, 9.17) is 11.6 Å². The van der Waals surface area contributed by atoms with Crippen LogP contribution in [-0.2, 0) is 4.79 Å². The maximum atomic E-state index is 10.6. The van der Waals surface area contributed by atoms with Crippen LogP contribution in [0.3, 0.4) is 0 Å². The largest absolute Gasteiger partial charge is 0.271 e. The fourth-order valence-corrected chi connectivity index (χ4v) is 1.37. The van der Waals surface area contributed by atoms with E-state index in [2.05, 4.69) is 16.1 Å². The van der Waals surface area contributed by atoms with Crippen molar-refractivity contribution in [3.8, 4) is 0 Å². The van der Waals surface area contributed by atoms with Crippen molar-refractivity contribution in [2.45, 2.75) is 12.5 Å². The van der Waals surface area contributed by atoms with E-state index in [0.717, 1.165) is 0 Å². The number of halogens is 2. The average molecular weight is 198 g/mol. The summed E-state index contributed by atoms with van der Waals surface area (Å²) in [5.41, 5.74) is -0.415. The van der Waals surface area contributed by atoms with E-state index in [0.29, 0.717) is 5.88 Å². The number of rotatable bonds is 1. The standard InChI is InChI=1S/C4H5BrClNO/c1-4(2-6)3(8)7(4)5/h2H2,1H3. The maximum Gasteiger partial charge on any atom is 0.261 e. The van der Waals surface area contributed by atoms with E-state index in [1.54, 1.807) is 6.92 Å². The number of nitrogens with zero attached hydrogens (tertiary/aromatic N) is 1. The Morgan fingerprint density at radius 2 is 2.38 bits per heavy atom. The van der Waals surface area contributed by atoms with Gasteiger partial charge in [-0.15, -0.1) is 11.6 Å². The molecule has 0 aromatic carbocycles. The normalized spacial score (nSPS) is 35.9. The third-order valence-electron chi connectivity index (χ3n) is 1.28. The zero-order valence-corrected chi connectivity index (χ0v) is 6.66. The summed E-state index contributed by atoms with van der Waals surface area (Å²) in [5, 5.41) is 0. The van der Waals surface area contributed by atoms with Gasteiger partial charge in [0.25, 0.3) is 5.91 Å². The van der Waals surface area contributed by atoms with Gasteiger partial charge >= 0.3 is 0 Å². The van der Waals surface area contributed by atoms with Gasteiger partial charge in [0.15, 0.2) is 0 Å². The lowest BCUT2D eigenvalue weighted by Gasteiger charge is -1.94. The summed E-state index contributed by atoms with van der Waals surface area (Å²) in [5.74, 6) is 0.421. The molecule has 0 bridgehead atoms. The molecule has 8 heavy (non-hydrogen) atoms. The van der Waals surface area contributed by atoms with Gasteiger partial charge in [0.1, 0.15) is 5.54 Å². The summed E-state index contributed by atoms with van der Waals surface area (Å²) < 4.78 is 1.45. The lowest BCUT2D eigenvalue weighted by molar-refractivity contribution is -0.112. The van der Waals surface area contributed by atoms with Gasteiger partial charge in [-0.05, 0) is 6.92 Å². The molecular weight excluding hydrogens is 193 g/mol. The predicted molar refractivity (Wildman–Crippen MR) is 34.9 cm³/mol. The van der Waals surface area contributed by atoms with Crippen LogP contribution in [0.4, 0.5) is 0 Å². The molecule has 1 atom stereocenters. The third kappa shape index (κ3) is 0.576. The van der Waals surface area contributed by atoms with Gasteiger partial charge in [0.2, 0.25) is 0 Å². The van der Waals surface area contributed by atoms with Crippen LogP contribution in [0.15, 0.2) is 0 Å². The molecule has 0 spiro atoms. The van der Waals surface area contributed by atoms with Crippen LogP contribution in [0.2, 0.25) is 0 Å². The minimum atomic E-state index is -0.415. The van der Waals surface area contributed by atoms with Crippen LogP contribution in [0.5, 0.6) is 0 Å². The minimum Gasteiger partial charge on any atom is -0.271 e. The first-order valence-electron chi connectivity index (χ1n) is 2.19. The molecule has 0 saturated carbocycles. The molecule has 1 aliphatic heterocycles. The molecule has 0 aromatic rings. The molecular formula is C4H5BrClNO. The van der Waals surface area contributed by atoms with E-state index >= 15 is 0 Å². The van der Waals surface area contributed by atoms with Crippen LogP contribution in [-0.4, -0.2) is 21.3 Å². The fraction of sp³-hybridized carbons (Fsp3) is 0.750. The molecule has 0 aromatic heterocycles. The molecule has 1 heterocycles. The predicted octanol–water partition coefficient (Wildman–Crippen LogP) is 1.14. The van der Waals surface area contributed by atoms with Crippen molar-refractivity contribution in [2.24, 2.45) is 0 Å². The summed E-state index contributed by atoms with van der Waals surface area (Å²) in [6.45, 7) is 1.79. The highest BCUT2D eigenvalue weighted by Gasteiger charge is 2.57. The monoisotopic (exact) mass is 197 g/mol. The number of alkyl halides is 1. The summed E-state index contributed by atoms with van der Waals surface area (Å²) in [4.78, 5) is 10.6. The van der Waals surface area contributed by atoms with E-state index in [-0.39, 0.29) is 5.91 Å². The summed E-state index contributed by atoms with van der Waals surface area (Å²) in [7, 11) is 0. The van der Waals surface area contributed by atoms with Crippen LogP contribution in [0, 0.1) is 0 Å². The zero-order valence-electron chi connectivity index (χ0n) is 4.32. The molecule has 4 heteroatoms. The number of hydrogen-bond acceptors (Lipinski definition) is 1. The molecule has 1 rings (SSSR count). The van der Waals surface area contributed by atoms with E-state index < -0.39 is 5.54 Å². The SMILES string of the molecule is CC1(CCl)C(=O)N1Br. The van der Waals surface area contributed by atoms with Gasteiger partial charge in [-0.3, -0.25) is 8.72 Å². The van der Waals surface area contributed by atoms with Crippen molar-refractivity contribution < 1.29 is 4.79 Å². The Bertz CT molecular complexity index is 140. The molecule has 1 unspecified atom stereocenters. The third-order valence-corrected chi connectivity index (χ3v) is 2.91. The summed E-state index contributed by atoms with van der Waals surface area (Å²) >= 11 is 8.47. The maximum absolute atomic E-state index is 10.6. The molecule has 2 nitrogen and oxygen atoms in total. The number of carbonyl (C=O) groups is 1. The highest BCUT2D eigenvalue weighted by molar-refractivity contribution is 9.08. The first kappa shape index (κ1) is 6.36. The van der Waals surface area contributed by atoms with Gasteiger partial charge in [-0.2, -0.15) is 0 Å². The van der Waals surface area contributed by atoms with Gasteiger partial charge in [-0.1, -0.05) is 0 Å². The molecule has 0 radical (unpaired) electrons. The first-order valence-corrected chi connectivity index (χ1v) is 3.43.